The third-order valence-electron chi connectivity index (χ3n) is 5.84. The Balaban J connectivity index is 1.44. The molecule has 0 saturated heterocycles. The molecule has 1 heterocycles. The summed E-state index contributed by atoms with van der Waals surface area (Å²) in [7, 11) is 0. The summed E-state index contributed by atoms with van der Waals surface area (Å²) in [6, 6.07) is 6.96. The zero-order valence-corrected chi connectivity index (χ0v) is 19.3. The van der Waals surface area contributed by atoms with Crippen molar-refractivity contribution < 1.29 is 37.1 Å². The number of hydrogen-bond donors (Lipinski definition) is 3. The van der Waals surface area contributed by atoms with Crippen molar-refractivity contribution in [2.24, 2.45) is 11.8 Å². The number of carbonyl (C=O) groups is 3. The van der Waals surface area contributed by atoms with E-state index in [1.807, 2.05) is 0 Å². The van der Waals surface area contributed by atoms with Crippen LogP contribution in [0.25, 0.3) is 10.4 Å². The molecule has 0 bridgehead atoms. The molecule has 0 radical (unpaired) electrons. The van der Waals surface area contributed by atoms with Crippen LogP contribution in [0.4, 0.5) is 33.7 Å². The van der Waals surface area contributed by atoms with Gasteiger partial charge in [-0.2, -0.15) is 13.2 Å². The molecule has 0 spiro atoms. The van der Waals surface area contributed by atoms with Crippen molar-refractivity contribution in [2.45, 2.75) is 25.4 Å². The molecule has 0 unspecified atom stereocenters. The van der Waals surface area contributed by atoms with Gasteiger partial charge in [-0.1, -0.05) is 18.6 Å². The van der Waals surface area contributed by atoms with Crippen LogP contribution < -0.4 is 10.6 Å². The number of aliphatic carboxylic acids is 1. The number of thiazole rings is 1. The number of carboxylic acid groups (broad SMARTS) is 1. The summed E-state index contributed by atoms with van der Waals surface area (Å²) in [5, 5.41) is 13.9. The van der Waals surface area contributed by atoms with E-state index in [0.717, 1.165) is 35.6 Å². The van der Waals surface area contributed by atoms with E-state index in [2.05, 4.69) is 15.6 Å². The van der Waals surface area contributed by atoms with E-state index in [-0.39, 0.29) is 22.2 Å². The highest BCUT2D eigenvalue weighted by molar-refractivity contribution is 7.17. The van der Waals surface area contributed by atoms with Crippen LogP contribution >= 0.6 is 11.3 Å². The summed E-state index contributed by atoms with van der Waals surface area (Å²) in [6.07, 6.45) is -1.63. The number of Topliss-reactive ketones (excluding diaryl/α,β-unsaturated/α-hetero) is 1. The molecule has 36 heavy (non-hydrogen) atoms. The molecule has 1 aliphatic rings. The maximum absolute atomic E-state index is 14.7. The SMILES string of the molecule is O=C(Nc1cccc(C(F)(F)F)c1)Nc1ccc(-c2cnc(C(=O)[C@H]3CCC[C@@H]3C(=O)O)s2)cc1F. The van der Waals surface area contributed by atoms with Gasteiger partial charge in [-0.25, -0.2) is 14.2 Å². The van der Waals surface area contributed by atoms with Crippen LogP contribution in [0.5, 0.6) is 0 Å². The molecule has 0 aliphatic heterocycles. The summed E-state index contributed by atoms with van der Waals surface area (Å²) < 4.78 is 53.2. The second-order valence-corrected chi connectivity index (χ2v) is 9.26. The zero-order valence-electron chi connectivity index (χ0n) is 18.4. The first-order valence-electron chi connectivity index (χ1n) is 10.8. The minimum absolute atomic E-state index is 0.117. The summed E-state index contributed by atoms with van der Waals surface area (Å²) in [5.41, 5.74) is -0.883. The number of carbonyl (C=O) groups excluding carboxylic acids is 2. The van der Waals surface area contributed by atoms with Gasteiger partial charge in [0.15, 0.2) is 10.8 Å². The normalized spacial score (nSPS) is 17.6. The lowest BCUT2D eigenvalue weighted by Gasteiger charge is -2.12. The largest absolute Gasteiger partial charge is 0.481 e. The third kappa shape index (κ3) is 5.54. The Hall–Kier alpha value is -3.80. The Bertz CT molecular complexity index is 1320. The fourth-order valence-corrected chi connectivity index (χ4v) is 4.99. The van der Waals surface area contributed by atoms with Gasteiger partial charge in [-0.15, -0.1) is 11.3 Å². The standard InChI is InChI=1S/C24H19F4N3O4S/c25-17-9-12(19-11-29-21(36-19)20(32)15-5-2-6-16(15)22(33)34)7-8-18(17)31-23(35)30-14-4-1-3-13(10-14)24(26,27)28/h1,3-4,7-11,15-16H,2,5-6H2,(H,33,34)(H2,30,31,35)/t15-,16-/m0/s1. The molecular weight excluding hydrogens is 502 g/mol. The first kappa shape index (κ1) is 25.3. The van der Waals surface area contributed by atoms with Gasteiger partial charge in [0.05, 0.1) is 22.0 Å². The first-order chi connectivity index (χ1) is 17.0. The van der Waals surface area contributed by atoms with Gasteiger partial charge in [-0.3, -0.25) is 9.59 Å². The van der Waals surface area contributed by atoms with Crippen LogP contribution in [-0.4, -0.2) is 27.9 Å². The Morgan fingerprint density at radius 1 is 1.03 bits per heavy atom. The zero-order chi connectivity index (χ0) is 26.0. The van der Waals surface area contributed by atoms with Crippen LogP contribution in [0.3, 0.4) is 0 Å². The number of anilines is 2. The van der Waals surface area contributed by atoms with Crippen molar-refractivity contribution in [3.05, 3.63) is 65.0 Å². The molecule has 2 aromatic carbocycles. The Kier molecular flexibility index (Phi) is 7.07. The van der Waals surface area contributed by atoms with Crippen LogP contribution in [0.1, 0.15) is 34.6 Å². The maximum atomic E-state index is 14.7. The fraction of sp³-hybridized carbons (Fsp3) is 0.250. The highest BCUT2D eigenvalue weighted by Gasteiger charge is 2.39. The van der Waals surface area contributed by atoms with Crippen LogP contribution in [0.15, 0.2) is 48.7 Å². The van der Waals surface area contributed by atoms with Gasteiger partial charge in [0.2, 0.25) is 0 Å². The number of aromatic nitrogens is 1. The van der Waals surface area contributed by atoms with E-state index >= 15 is 0 Å². The lowest BCUT2D eigenvalue weighted by atomic mass is 9.92. The Morgan fingerprint density at radius 2 is 1.78 bits per heavy atom. The molecule has 7 nitrogen and oxygen atoms in total. The topological polar surface area (TPSA) is 108 Å². The Morgan fingerprint density at radius 3 is 2.47 bits per heavy atom. The van der Waals surface area contributed by atoms with Gasteiger partial charge in [-0.05, 0) is 48.7 Å². The average molecular weight is 521 g/mol. The molecule has 1 aromatic heterocycles. The molecule has 1 saturated carbocycles. The van der Waals surface area contributed by atoms with Crippen molar-refractivity contribution in [3.63, 3.8) is 0 Å². The smallest absolute Gasteiger partial charge is 0.416 e. The summed E-state index contributed by atoms with van der Waals surface area (Å²) >= 11 is 1.02. The third-order valence-corrected chi connectivity index (χ3v) is 6.90. The van der Waals surface area contributed by atoms with Crippen molar-refractivity contribution in [1.82, 2.24) is 4.98 Å². The average Bonchev–Trinajstić information content (AvgIpc) is 3.50. The van der Waals surface area contributed by atoms with Crippen LogP contribution in [0, 0.1) is 17.7 Å². The number of rotatable bonds is 6. The number of benzene rings is 2. The minimum atomic E-state index is -4.58. The van der Waals surface area contributed by atoms with E-state index < -0.39 is 41.4 Å². The van der Waals surface area contributed by atoms with Crippen molar-refractivity contribution >= 4 is 40.5 Å². The molecule has 188 valence electrons. The van der Waals surface area contributed by atoms with Crippen LogP contribution in [-0.2, 0) is 11.0 Å². The monoisotopic (exact) mass is 521 g/mol. The predicted molar refractivity (Wildman–Crippen MR) is 124 cm³/mol. The molecule has 3 N–H and O–H groups in total. The summed E-state index contributed by atoms with van der Waals surface area (Å²) in [6.45, 7) is 0. The van der Waals surface area contributed by atoms with E-state index in [1.54, 1.807) is 0 Å². The van der Waals surface area contributed by atoms with Gasteiger partial charge >= 0.3 is 18.2 Å². The number of nitrogens with one attached hydrogen (secondary N) is 2. The molecule has 2 atom stereocenters. The molecule has 2 amide bonds. The second kappa shape index (κ2) is 10.1. The van der Waals surface area contributed by atoms with E-state index in [0.29, 0.717) is 29.7 Å². The number of carboxylic acids is 1. The summed E-state index contributed by atoms with van der Waals surface area (Å²) in [5.74, 6) is -3.55. The number of ketones is 1. The number of hydrogen-bond acceptors (Lipinski definition) is 5. The van der Waals surface area contributed by atoms with Gasteiger partial charge < -0.3 is 15.7 Å². The van der Waals surface area contributed by atoms with Crippen LogP contribution in [0.2, 0.25) is 0 Å². The molecular formula is C24H19F4N3O4S. The highest BCUT2D eigenvalue weighted by Crippen LogP contribution is 2.37. The Labute approximate surface area is 206 Å². The van der Waals surface area contributed by atoms with E-state index in [9.17, 15) is 37.1 Å². The minimum Gasteiger partial charge on any atom is -0.481 e. The number of amides is 2. The maximum Gasteiger partial charge on any atom is 0.416 e. The number of halogens is 4. The lowest BCUT2D eigenvalue weighted by Crippen LogP contribution is -2.25. The molecule has 4 rings (SSSR count). The molecule has 1 fully saturated rings. The molecule has 12 heteroatoms. The second-order valence-electron chi connectivity index (χ2n) is 8.23. The quantitative estimate of drug-likeness (QED) is 0.261. The predicted octanol–water partition coefficient (Wildman–Crippen LogP) is 6.30. The van der Waals surface area contributed by atoms with E-state index in [1.165, 1.54) is 24.4 Å². The summed E-state index contributed by atoms with van der Waals surface area (Å²) in [4.78, 5) is 40.9. The van der Waals surface area contributed by atoms with Crippen molar-refractivity contribution in [1.29, 1.82) is 0 Å². The molecule has 3 aromatic rings. The number of urea groups is 1. The van der Waals surface area contributed by atoms with E-state index in [4.69, 9.17) is 0 Å². The number of alkyl halides is 3. The van der Waals surface area contributed by atoms with Gasteiger partial charge in [0, 0.05) is 17.8 Å². The number of nitrogens with zero attached hydrogens (tertiary/aromatic N) is 1. The van der Waals surface area contributed by atoms with Gasteiger partial charge in [0.1, 0.15) is 5.82 Å². The van der Waals surface area contributed by atoms with Crippen molar-refractivity contribution in [2.75, 3.05) is 10.6 Å². The lowest BCUT2D eigenvalue weighted by molar-refractivity contribution is -0.142. The van der Waals surface area contributed by atoms with Crippen molar-refractivity contribution in [3.8, 4) is 10.4 Å². The molecule has 1 aliphatic carbocycles. The fourth-order valence-electron chi connectivity index (χ4n) is 4.08. The highest BCUT2D eigenvalue weighted by atomic mass is 32.1. The van der Waals surface area contributed by atoms with Gasteiger partial charge in [0.25, 0.3) is 0 Å². The first-order valence-corrected chi connectivity index (χ1v) is 11.6.